The van der Waals surface area contributed by atoms with Gasteiger partial charge in [-0.25, -0.2) is 0 Å². The van der Waals surface area contributed by atoms with Crippen LogP contribution in [0.4, 0.5) is 0 Å². The van der Waals surface area contributed by atoms with E-state index < -0.39 is 0 Å². The van der Waals surface area contributed by atoms with Crippen LogP contribution in [0.25, 0.3) is 0 Å². The molecule has 0 aromatic heterocycles. The van der Waals surface area contributed by atoms with Crippen molar-refractivity contribution in [3.8, 4) is 0 Å². The van der Waals surface area contributed by atoms with E-state index in [-0.39, 0.29) is 0 Å². The zero-order chi connectivity index (χ0) is 10.8. The molecule has 0 atom stereocenters. The van der Waals surface area contributed by atoms with Gasteiger partial charge >= 0.3 is 0 Å². The lowest BCUT2D eigenvalue weighted by molar-refractivity contribution is 0.0746. The standard InChI is InChI=1S/C13H18O2/c1-2-3-9-14-10-11-15-12-13-7-5-4-6-8-13/h3-9H,2,10-12H2,1H3/b9-3+. The molecule has 1 aromatic rings. The Kier molecular flexibility index (Phi) is 6.34. The van der Waals surface area contributed by atoms with Gasteiger partial charge in [-0.05, 0) is 12.0 Å². The summed E-state index contributed by atoms with van der Waals surface area (Å²) in [4.78, 5) is 0. The molecule has 1 aromatic carbocycles. The maximum atomic E-state index is 5.44. The van der Waals surface area contributed by atoms with E-state index in [1.165, 1.54) is 5.56 Å². The summed E-state index contributed by atoms with van der Waals surface area (Å²) < 4.78 is 10.6. The van der Waals surface area contributed by atoms with Crippen molar-refractivity contribution in [2.75, 3.05) is 13.2 Å². The van der Waals surface area contributed by atoms with Gasteiger partial charge < -0.3 is 9.47 Å². The number of hydrogen-bond acceptors (Lipinski definition) is 2. The topological polar surface area (TPSA) is 18.5 Å². The highest BCUT2D eigenvalue weighted by Crippen LogP contribution is 1.99. The van der Waals surface area contributed by atoms with Gasteiger partial charge in [-0.3, -0.25) is 0 Å². The molecule has 0 saturated carbocycles. The van der Waals surface area contributed by atoms with E-state index in [0.29, 0.717) is 19.8 Å². The smallest absolute Gasteiger partial charge is 0.111 e. The molecule has 0 saturated heterocycles. The normalized spacial score (nSPS) is 10.7. The van der Waals surface area contributed by atoms with Gasteiger partial charge in [0.1, 0.15) is 6.61 Å². The van der Waals surface area contributed by atoms with Crippen molar-refractivity contribution < 1.29 is 9.47 Å². The van der Waals surface area contributed by atoms with Crippen molar-refractivity contribution in [3.05, 3.63) is 48.2 Å². The van der Waals surface area contributed by atoms with Crippen LogP contribution in [0.5, 0.6) is 0 Å². The average Bonchev–Trinajstić information content (AvgIpc) is 2.29. The first-order chi connectivity index (χ1) is 7.43. The van der Waals surface area contributed by atoms with Crippen LogP contribution in [0.15, 0.2) is 42.7 Å². The van der Waals surface area contributed by atoms with E-state index >= 15 is 0 Å². The summed E-state index contributed by atoms with van der Waals surface area (Å²) in [5.74, 6) is 0. The zero-order valence-electron chi connectivity index (χ0n) is 9.19. The van der Waals surface area contributed by atoms with E-state index in [1.54, 1.807) is 6.26 Å². The van der Waals surface area contributed by atoms with E-state index in [1.807, 2.05) is 24.3 Å². The van der Waals surface area contributed by atoms with Gasteiger partial charge in [0.15, 0.2) is 0 Å². The predicted molar refractivity (Wildman–Crippen MR) is 61.5 cm³/mol. The molecule has 0 aliphatic rings. The van der Waals surface area contributed by atoms with Gasteiger partial charge in [-0.1, -0.05) is 43.3 Å². The summed E-state index contributed by atoms with van der Waals surface area (Å²) >= 11 is 0. The summed E-state index contributed by atoms with van der Waals surface area (Å²) in [5.41, 5.74) is 1.20. The minimum absolute atomic E-state index is 0.614. The Hall–Kier alpha value is -1.28. The molecular formula is C13H18O2. The van der Waals surface area contributed by atoms with Crippen LogP contribution in [-0.4, -0.2) is 13.2 Å². The van der Waals surface area contributed by atoms with Gasteiger partial charge in [-0.2, -0.15) is 0 Å². The van der Waals surface area contributed by atoms with Crippen LogP contribution in [0.2, 0.25) is 0 Å². The Labute approximate surface area is 91.5 Å². The molecule has 0 heterocycles. The fraction of sp³-hybridized carbons (Fsp3) is 0.385. The van der Waals surface area contributed by atoms with Crippen LogP contribution in [-0.2, 0) is 16.1 Å². The second-order valence-corrected chi connectivity index (χ2v) is 3.19. The number of benzene rings is 1. The van der Waals surface area contributed by atoms with Gasteiger partial charge in [0.2, 0.25) is 0 Å². The molecule has 0 fully saturated rings. The third-order valence-electron chi connectivity index (χ3n) is 1.89. The predicted octanol–water partition coefficient (Wildman–Crippen LogP) is 3.14. The summed E-state index contributed by atoms with van der Waals surface area (Å²) in [6.07, 6.45) is 4.72. The molecule has 82 valence electrons. The summed E-state index contributed by atoms with van der Waals surface area (Å²) in [6, 6.07) is 10.1. The number of allylic oxidation sites excluding steroid dienone is 1. The lowest BCUT2D eigenvalue weighted by Gasteiger charge is -2.03. The molecule has 1 rings (SSSR count). The monoisotopic (exact) mass is 206 g/mol. The summed E-state index contributed by atoms with van der Waals surface area (Å²) in [7, 11) is 0. The second kappa shape index (κ2) is 8.06. The van der Waals surface area contributed by atoms with Gasteiger partial charge in [0.05, 0.1) is 19.5 Å². The third-order valence-corrected chi connectivity index (χ3v) is 1.89. The molecule has 0 N–H and O–H groups in total. The van der Waals surface area contributed by atoms with Crippen LogP contribution < -0.4 is 0 Å². The summed E-state index contributed by atoms with van der Waals surface area (Å²) in [6.45, 7) is 3.97. The first-order valence-electron chi connectivity index (χ1n) is 5.31. The number of ether oxygens (including phenoxy) is 2. The van der Waals surface area contributed by atoms with E-state index in [2.05, 4.69) is 19.1 Å². The first kappa shape index (κ1) is 11.8. The lowest BCUT2D eigenvalue weighted by Crippen LogP contribution is -2.01. The Morgan fingerprint density at radius 3 is 2.67 bits per heavy atom. The van der Waals surface area contributed by atoms with Crippen molar-refractivity contribution in [1.82, 2.24) is 0 Å². The minimum Gasteiger partial charge on any atom is -0.499 e. The Morgan fingerprint density at radius 1 is 1.13 bits per heavy atom. The van der Waals surface area contributed by atoms with Crippen LogP contribution in [0.3, 0.4) is 0 Å². The number of hydrogen-bond donors (Lipinski definition) is 0. The Balaban J connectivity index is 2.00. The van der Waals surface area contributed by atoms with Crippen molar-refractivity contribution in [2.45, 2.75) is 20.0 Å². The van der Waals surface area contributed by atoms with Gasteiger partial charge in [0.25, 0.3) is 0 Å². The van der Waals surface area contributed by atoms with Gasteiger partial charge in [-0.15, -0.1) is 0 Å². The maximum Gasteiger partial charge on any atom is 0.111 e. The molecular weight excluding hydrogens is 188 g/mol. The molecule has 0 amide bonds. The highest BCUT2D eigenvalue weighted by molar-refractivity contribution is 5.13. The van der Waals surface area contributed by atoms with Crippen molar-refractivity contribution >= 4 is 0 Å². The fourth-order valence-corrected chi connectivity index (χ4v) is 1.10. The van der Waals surface area contributed by atoms with Crippen molar-refractivity contribution in [1.29, 1.82) is 0 Å². The molecule has 0 spiro atoms. The summed E-state index contributed by atoms with van der Waals surface area (Å²) in [5, 5.41) is 0. The lowest BCUT2D eigenvalue weighted by atomic mass is 10.2. The van der Waals surface area contributed by atoms with Crippen molar-refractivity contribution in [3.63, 3.8) is 0 Å². The van der Waals surface area contributed by atoms with Crippen LogP contribution in [0, 0.1) is 0 Å². The van der Waals surface area contributed by atoms with Crippen LogP contribution >= 0.6 is 0 Å². The van der Waals surface area contributed by atoms with Crippen LogP contribution in [0.1, 0.15) is 18.9 Å². The molecule has 2 nitrogen and oxygen atoms in total. The maximum absolute atomic E-state index is 5.44. The quantitative estimate of drug-likeness (QED) is 0.504. The molecule has 0 aliphatic heterocycles. The molecule has 0 unspecified atom stereocenters. The molecule has 0 radical (unpaired) electrons. The van der Waals surface area contributed by atoms with E-state index in [4.69, 9.17) is 9.47 Å². The average molecular weight is 206 g/mol. The van der Waals surface area contributed by atoms with Crippen molar-refractivity contribution in [2.24, 2.45) is 0 Å². The molecule has 2 heteroatoms. The second-order valence-electron chi connectivity index (χ2n) is 3.19. The van der Waals surface area contributed by atoms with Gasteiger partial charge in [0, 0.05) is 0 Å². The molecule has 0 aliphatic carbocycles. The Bertz CT molecular complexity index is 267. The fourth-order valence-electron chi connectivity index (χ4n) is 1.10. The third kappa shape index (κ3) is 5.92. The zero-order valence-corrected chi connectivity index (χ0v) is 9.19. The largest absolute Gasteiger partial charge is 0.499 e. The minimum atomic E-state index is 0.614. The Morgan fingerprint density at radius 2 is 1.93 bits per heavy atom. The molecule has 0 bridgehead atoms. The SMILES string of the molecule is CC/C=C/OCCOCc1ccccc1. The highest BCUT2D eigenvalue weighted by atomic mass is 16.5. The number of rotatable bonds is 7. The van der Waals surface area contributed by atoms with E-state index in [0.717, 1.165) is 6.42 Å². The molecule has 15 heavy (non-hydrogen) atoms. The first-order valence-corrected chi connectivity index (χ1v) is 5.31. The van der Waals surface area contributed by atoms with E-state index in [9.17, 15) is 0 Å². The highest BCUT2D eigenvalue weighted by Gasteiger charge is 1.90.